The Hall–Kier alpha value is 0.310. The Balaban J connectivity index is 2.14. The van der Waals surface area contributed by atoms with Crippen molar-refractivity contribution >= 4 is 11.8 Å². The van der Waals surface area contributed by atoms with Gasteiger partial charge >= 0.3 is 0 Å². The Labute approximate surface area is 99.8 Å². The number of rotatable bonds is 5. The van der Waals surface area contributed by atoms with E-state index in [4.69, 9.17) is 0 Å². The second kappa shape index (κ2) is 5.58. The number of thioether (sulfide) groups is 1. The molecule has 0 aromatic carbocycles. The highest BCUT2D eigenvalue weighted by molar-refractivity contribution is 8.00. The van der Waals surface area contributed by atoms with Crippen molar-refractivity contribution < 1.29 is 0 Å². The molecule has 0 aliphatic heterocycles. The molecule has 0 aromatic rings. The molecule has 0 saturated heterocycles. The van der Waals surface area contributed by atoms with E-state index >= 15 is 0 Å². The lowest BCUT2D eigenvalue weighted by atomic mass is 9.80. The molecule has 1 saturated carbocycles. The first-order valence-electron chi connectivity index (χ1n) is 6.28. The highest BCUT2D eigenvalue weighted by Crippen LogP contribution is 2.30. The van der Waals surface area contributed by atoms with Crippen LogP contribution >= 0.6 is 11.8 Å². The number of hydrogen-bond acceptors (Lipinski definition) is 2. The molecule has 1 rings (SSSR count). The predicted molar refractivity (Wildman–Crippen MR) is 71.6 cm³/mol. The zero-order chi connectivity index (χ0) is 11.5. The highest BCUT2D eigenvalue weighted by atomic mass is 32.2. The molecular formula is C13H27NS. The van der Waals surface area contributed by atoms with Gasteiger partial charge in [-0.15, -0.1) is 0 Å². The van der Waals surface area contributed by atoms with Crippen molar-refractivity contribution in [3.05, 3.63) is 0 Å². The van der Waals surface area contributed by atoms with Gasteiger partial charge in [0.1, 0.15) is 0 Å². The van der Waals surface area contributed by atoms with Gasteiger partial charge in [-0.05, 0) is 32.6 Å². The maximum Gasteiger partial charge on any atom is 0.0132 e. The minimum Gasteiger partial charge on any atom is -0.311 e. The second-order valence-corrected chi connectivity index (χ2v) is 7.82. The van der Waals surface area contributed by atoms with Gasteiger partial charge in [0, 0.05) is 22.6 Å². The first-order valence-corrected chi connectivity index (χ1v) is 7.27. The van der Waals surface area contributed by atoms with Crippen molar-refractivity contribution in [1.82, 2.24) is 5.32 Å². The number of hydrogen-bond donors (Lipinski definition) is 1. The Morgan fingerprint density at radius 2 is 1.87 bits per heavy atom. The van der Waals surface area contributed by atoms with Gasteiger partial charge in [0.2, 0.25) is 0 Å². The number of nitrogens with one attached hydrogen (secondary N) is 1. The SMILES string of the molecule is CC(CSC(C)(C)C)NC(C)C1CCC1. The molecule has 1 N–H and O–H groups in total. The Morgan fingerprint density at radius 1 is 1.27 bits per heavy atom. The van der Waals surface area contributed by atoms with Crippen LogP contribution in [0.5, 0.6) is 0 Å². The van der Waals surface area contributed by atoms with E-state index in [1.165, 1.54) is 25.0 Å². The van der Waals surface area contributed by atoms with Gasteiger partial charge in [-0.25, -0.2) is 0 Å². The summed E-state index contributed by atoms with van der Waals surface area (Å²) in [5, 5.41) is 3.73. The summed E-state index contributed by atoms with van der Waals surface area (Å²) in [5.74, 6) is 2.17. The van der Waals surface area contributed by atoms with Crippen LogP contribution in [0.4, 0.5) is 0 Å². The maximum absolute atomic E-state index is 3.73. The van der Waals surface area contributed by atoms with Gasteiger partial charge in [-0.2, -0.15) is 11.8 Å². The lowest BCUT2D eigenvalue weighted by Gasteiger charge is -2.34. The molecule has 2 unspecified atom stereocenters. The van der Waals surface area contributed by atoms with E-state index in [1.54, 1.807) is 0 Å². The monoisotopic (exact) mass is 229 g/mol. The fourth-order valence-electron chi connectivity index (χ4n) is 1.95. The molecule has 90 valence electrons. The van der Waals surface area contributed by atoms with Crippen LogP contribution in [0.25, 0.3) is 0 Å². The van der Waals surface area contributed by atoms with Crippen molar-refractivity contribution in [1.29, 1.82) is 0 Å². The van der Waals surface area contributed by atoms with E-state index in [2.05, 4.69) is 51.7 Å². The molecule has 0 heterocycles. The van der Waals surface area contributed by atoms with E-state index in [0.717, 1.165) is 5.92 Å². The van der Waals surface area contributed by atoms with Crippen molar-refractivity contribution in [3.8, 4) is 0 Å². The zero-order valence-corrected chi connectivity index (χ0v) is 11.8. The average Bonchev–Trinajstić information content (AvgIpc) is 1.95. The lowest BCUT2D eigenvalue weighted by Crippen LogP contribution is -2.43. The summed E-state index contributed by atoms with van der Waals surface area (Å²) < 4.78 is 0.398. The van der Waals surface area contributed by atoms with Crippen LogP contribution in [0.15, 0.2) is 0 Å². The lowest BCUT2D eigenvalue weighted by molar-refractivity contribution is 0.233. The van der Waals surface area contributed by atoms with Crippen LogP contribution in [0.2, 0.25) is 0 Å². The van der Waals surface area contributed by atoms with Crippen LogP contribution < -0.4 is 5.32 Å². The molecular weight excluding hydrogens is 202 g/mol. The van der Waals surface area contributed by atoms with Gasteiger partial charge in [0.25, 0.3) is 0 Å². The standard InChI is InChI=1S/C13H27NS/c1-10(9-15-13(3,4)5)14-11(2)12-7-6-8-12/h10-12,14H,6-9H2,1-5H3. The summed E-state index contributed by atoms with van der Waals surface area (Å²) in [6.07, 6.45) is 4.32. The molecule has 15 heavy (non-hydrogen) atoms. The van der Waals surface area contributed by atoms with Gasteiger partial charge in [-0.3, -0.25) is 0 Å². The largest absolute Gasteiger partial charge is 0.311 e. The summed E-state index contributed by atoms with van der Waals surface area (Å²) in [6, 6.07) is 1.36. The van der Waals surface area contributed by atoms with Crippen LogP contribution in [0, 0.1) is 5.92 Å². The van der Waals surface area contributed by atoms with Crippen molar-refractivity contribution in [2.75, 3.05) is 5.75 Å². The predicted octanol–water partition coefficient (Wildman–Crippen LogP) is 3.68. The summed E-state index contributed by atoms with van der Waals surface area (Å²) in [6.45, 7) is 11.5. The molecule has 0 spiro atoms. The first kappa shape index (κ1) is 13.4. The van der Waals surface area contributed by atoms with E-state index < -0.39 is 0 Å². The summed E-state index contributed by atoms with van der Waals surface area (Å²) in [4.78, 5) is 0. The first-order chi connectivity index (χ1) is 6.88. The van der Waals surface area contributed by atoms with Gasteiger partial charge < -0.3 is 5.32 Å². The van der Waals surface area contributed by atoms with Crippen LogP contribution in [-0.2, 0) is 0 Å². The Kier molecular flexibility index (Phi) is 4.98. The Morgan fingerprint density at radius 3 is 2.27 bits per heavy atom. The molecule has 1 nitrogen and oxygen atoms in total. The van der Waals surface area contributed by atoms with Crippen molar-refractivity contribution in [2.45, 2.75) is 70.7 Å². The van der Waals surface area contributed by atoms with Crippen LogP contribution in [-0.4, -0.2) is 22.6 Å². The van der Waals surface area contributed by atoms with E-state index in [9.17, 15) is 0 Å². The quantitative estimate of drug-likeness (QED) is 0.772. The third-order valence-electron chi connectivity index (χ3n) is 3.17. The van der Waals surface area contributed by atoms with Gasteiger partial charge in [-0.1, -0.05) is 27.2 Å². The molecule has 0 bridgehead atoms. The van der Waals surface area contributed by atoms with E-state index in [-0.39, 0.29) is 0 Å². The van der Waals surface area contributed by atoms with E-state index in [1.807, 2.05) is 0 Å². The topological polar surface area (TPSA) is 12.0 Å². The third kappa shape index (κ3) is 5.26. The molecule has 1 aliphatic carbocycles. The molecule has 0 radical (unpaired) electrons. The molecule has 1 aliphatic rings. The van der Waals surface area contributed by atoms with E-state index in [0.29, 0.717) is 16.8 Å². The average molecular weight is 229 g/mol. The highest BCUT2D eigenvalue weighted by Gasteiger charge is 2.24. The van der Waals surface area contributed by atoms with Gasteiger partial charge in [0.05, 0.1) is 0 Å². The molecule has 2 heteroatoms. The summed E-state index contributed by atoms with van der Waals surface area (Å²) in [5.41, 5.74) is 0. The minimum atomic E-state index is 0.398. The van der Waals surface area contributed by atoms with Gasteiger partial charge in [0.15, 0.2) is 0 Å². The third-order valence-corrected chi connectivity index (χ3v) is 4.70. The van der Waals surface area contributed by atoms with Crippen molar-refractivity contribution in [3.63, 3.8) is 0 Å². The van der Waals surface area contributed by atoms with Crippen LogP contribution in [0.3, 0.4) is 0 Å². The zero-order valence-electron chi connectivity index (χ0n) is 11.0. The molecule has 2 atom stereocenters. The summed E-state index contributed by atoms with van der Waals surface area (Å²) >= 11 is 2.06. The fourth-order valence-corrected chi connectivity index (χ4v) is 2.79. The Bertz CT molecular complexity index is 181. The summed E-state index contributed by atoms with van der Waals surface area (Å²) in [7, 11) is 0. The molecule has 0 aromatic heterocycles. The van der Waals surface area contributed by atoms with Crippen molar-refractivity contribution in [2.24, 2.45) is 5.92 Å². The fraction of sp³-hybridized carbons (Fsp3) is 1.00. The minimum absolute atomic E-state index is 0.398. The van der Waals surface area contributed by atoms with Crippen LogP contribution in [0.1, 0.15) is 53.9 Å². The normalized spacial score (nSPS) is 22.2. The molecule has 0 amide bonds. The molecule has 1 fully saturated rings. The smallest absolute Gasteiger partial charge is 0.0132 e. The maximum atomic E-state index is 3.73. The second-order valence-electron chi connectivity index (χ2n) is 5.97.